The molecule has 508 valence electrons. The number of carbonyl (C=O) groups is 16. The molecule has 0 aromatic rings. The van der Waals surface area contributed by atoms with Crippen molar-refractivity contribution < 1.29 is 92.0 Å². The fourth-order valence-electron chi connectivity index (χ4n) is 10.4. The number of fused-ring (bicyclic) bond motifs is 2. The molecule has 0 unspecified atom stereocenters. The Morgan fingerprint density at radius 1 is 0.604 bits per heavy atom. The normalized spacial score (nSPS) is 25.3. The van der Waals surface area contributed by atoms with Crippen molar-refractivity contribution in [2.75, 3.05) is 26.2 Å². The molecule has 0 bridgehead atoms. The van der Waals surface area contributed by atoms with Crippen molar-refractivity contribution in [1.29, 1.82) is 0 Å². The average Bonchev–Trinajstić information content (AvgIpc) is 1.87. The number of aliphatic carboxylic acids is 3. The van der Waals surface area contributed by atoms with Crippen LogP contribution < -0.4 is 64.6 Å². The van der Waals surface area contributed by atoms with Crippen LogP contribution in [0.5, 0.6) is 0 Å². The van der Waals surface area contributed by atoms with Crippen molar-refractivity contribution in [2.45, 2.75) is 211 Å². The first-order chi connectivity index (χ1) is 42.7. The molecule has 0 aromatic heterocycles. The fraction of sp³-hybridized carbons (Fsp3) is 0.690. The van der Waals surface area contributed by atoms with Gasteiger partial charge in [0.05, 0.1) is 44.3 Å². The molecule has 3 saturated heterocycles. The standard InChI is InChI=1S/C58H92N14O19/c1-29(2)18-13-11-9-8-10-12-14-21-40(74)64-34(24-39(60)73)51(83)70-48-33(7)63-52(84)38-20-17-23-72(38)56(88)45(30(3)4)68-55(87)47(32(6)59)67-42(76)28-62-49(81)35(25-43(77)78)65-41(75)27-61-50(82)36(26-44(79)80)66-54(86)46(31(5)58(90)91)69-53(85)37-19-15-16-22-71(37)57(48)89/h12,14,29-38,45-48H,8-11,13,15-28,59H2,1-7H3,(H2,60,73)(H,61,82)(H,62,81)(H,63,84)(H,64,74)(H,65,75)(H,66,86)(H,67,76)(H,68,87)(H,69,85)(H,70,83)(H,77,78)(H,79,80)(H,90,91)/b14-12-/t31-,32+,33+,34-,35-,36-,37+,38-,45+,46-,47+,48-/m0/s1. The van der Waals surface area contributed by atoms with E-state index in [0.29, 0.717) is 12.3 Å². The van der Waals surface area contributed by atoms with Crippen LogP contribution in [-0.2, 0) is 76.7 Å². The largest absolute Gasteiger partial charge is 0.481 e. The predicted octanol–water partition coefficient (Wildman–Crippen LogP) is -4.01. The summed E-state index contributed by atoms with van der Waals surface area (Å²) in [6.45, 7) is 8.76. The number of carbonyl (C=O) groups excluding carboxylic acids is 13. The first kappa shape index (κ1) is 76.5. The lowest BCUT2D eigenvalue weighted by molar-refractivity contribution is -0.149. The van der Waals surface area contributed by atoms with Gasteiger partial charge in [-0.25, -0.2) is 0 Å². The molecule has 12 atom stereocenters. The second-order valence-corrected chi connectivity index (χ2v) is 23.9. The maximum atomic E-state index is 15.2. The summed E-state index contributed by atoms with van der Waals surface area (Å²) in [6, 6.07) is -18.3. The van der Waals surface area contributed by atoms with Crippen LogP contribution in [0.25, 0.3) is 0 Å². The monoisotopic (exact) mass is 1290 g/mol. The number of carboxylic acids is 3. The number of hydrogen-bond donors (Lipinski definition) is 15. The molecule has 0 spiro atoms. The molecule has 0 aromatic carbocycles. The highest BCUT2D eigenvalue weighted by molar-refractivity contribution is 6.01. The van der Waals surface area contributed by atoms with Crippen LogP contribution >= 0.6 is 0 Å². The maximum Gasteiger partial charge on any atom is 0.308 e. The van der Waals surface area contributed by atoms with Crippen LogP contribution in [0, 0.1) is 17.8 Å². The summed E-state index contributed by atoms with van der Waals surface area (Å²) >= 11 is 0. The summed E-state index contributed by atoms with van der Waals surface area (Å²) in [5.74, 6) is -21.1. The number of rotatable bonds is 22. The maximum absolute atomic E-state index is 15.2. The molecule has 3 heterocycles. The highest BCUT2D eigenvalue weighted by Gasteiger charge is 2.45. The average molecular weight is 1290 g/mol. The quantitative estimate of drug-likeness (QED) is 0.0363. The molecule has 33 heteroatoms. The summed E-state index contributed by atoms with van der Waals surface area (Å²) in [7, 11) is 0. The lowest BCUT2D eigenvalue weighted by Crippen LogP contribution is -2.66. The van der Waals surface area contributed by atoms with Gasteiger partial charge in [-0.05, 0) is 77.6 Å². The van der Waals surface area contributed by atoms with Crippen LogP contribution in [0.15, 0.2) is 12.2 Å². The molecule has 3 aliphatic rings. The first-order valence-electron chi connectivity index (χ1n) is 30.7. The Morgan fingerprint density at radius 2 is 1.13 bits per heavy atom. The molecule has 3 aliphatic heterocycles. The summed E-state index contributed by atoms with van der Waals surface area (Å²) in [4.78, 5) is 219. The first-order valence-corrected chi connectivity index (χ1v) is 30.7. The fourth-order valence-corrected chi connectivity index (χ4v) is 10.4. The lowest BCUT2D eigenvalue weighted by Gasteiger charge is -2.39. The number of piperidine rings is 1. The molecule has 0 radical (unpaired) electrons. The van der Waals surface area contributed by atoms with Gasteiger partial charge < -0.3 is 89.8 Å². The zero-order valence-corrected chi connectivity index (χ0v) is 52.6. The number of nitrogens with two attached hydrogens (primary N) is 2. The van der Waals surface area contributed by atoms with E-state index >= 15 is 4.79 Å². The molecule has 33 nitrogen and oxygen atoms in total. The predicted molar refractivity (Wildman–Crippen MR) is 321 cm³/mol. The highest BCUT2D eigenvalue weighted by atomic mass is 16.4. The molecule has 91 heavy (non-hydrogen) atoms. The van der Waals surface area contributed by atoms with E-state index in [1.54, 1.807) is 26.0 Å². The molecule has 17 N–H and O–H groups in total. The second kappa shape index (κ2) is 37.4. The van der Waals surface area contributed by atoms with Crippen LogP contribution in [0.2, 0.25) is 0 Å². The van der Waals surface area contributed by atoms with Gasteiger partial charge in [0.2, 0.25) is 76.8 Å². The zero-order valence-electron chi connectivity index (χ0n) is 52.6. The smallest absolute Gasteiger partial charge is 0.308 e. The number of primary amides is 1. The van der Waals surface area contributed by atoms with Gasteiger partial charge >= 0.3 is 17.9 Å². The third-order valence-electron chi connectivity index (χ3n) is 15.5. The summed E-state index contributed by atoms with van der Waals surface area (Å²) in [5.41, 5.74) is 11.7. The Labute approximate surface area is 526 Å². The van der Waals surface area contributed by atoms with E-state index in [9.17, 15) is 87.2 Å². The summed E-state index contributed by atoms with van der Waals surface area (Å²) in [6.07, 6.45) is 6.48. The number of nitrogens with one attached hydrogen (secondary N) is 10. The molecular weight excluding hydrogens is 1200 g/mol. The zero-order chi connectivity index (χ0) is 68.4. The molecule has 13 amide bonds. The van der Waals surface area contributed by atoms with Crippen molar-refractivity contribution in [3.8, 4) is 0 Å². The number of unbranched alkanes of at least 4 members (excludes halogenated alkanes) is 4. The third-order valence-corrected chi connectivity index (χ3v) is 15.5. The van der Waals surface area contributed by atoms with Crippen molar-refractivity contribution >= 4 is 94.7 Å². The van der Waals surface area contributed by atoms with E-state index in [1.165, 1.54) is 18.7 Å². The second-order valence-electron chi connectivity index (χ2n) is 23.9. The van der Waals surface area contributed by atoms with Crippen LogP contribution in [0.4, 0.5) is 0 Å². The van der Waals surface area contributed by atoms with E-state index in [-0.39, 0.29) is 51.6 Å². The van der Waals surface area contributed by atoms with Crippen LogP contribution in [0.3, 0.4) is 0 Å². The number of amides is 13. The van der Waals surface area contributed by atoms with Gasteiger partial charge in [-0.2, -0.15) is 0 Å². The van der Waals surface area contributed by atoms with Gasteiger partial charge in [0, 0.05) is 25.6 Å². The van der Waals surface area contributed by atoms with Gasteiger partial charge in [-0.3, -0.25) is 76.7 Å². The van der Waals surface area contributed by atoms with Crippen molar-refractivity contribution in [2.24, 2.45) is 29.2 Å². The van der Waals surface area contributed by atoms with E-state index in [0.717, 1.165) is 43.9 Å². The Balaban J connectivity index is 2.17. The number of allylic oxidation sites excluding steroid dienone is 1. The van der Waals surface area contributed by atoms with Gasteiger partial charge in [-0.1, -0.05) is 65.5 Å². The Morgan fingerprint density at radius 3 is 1.69 bits per heavy atom. The van der Waals surface area contributed by atoms with Gasteiger partial charge in [0.15, 0.2) is 0 Å². The van der Waals surface area contributed by atoms with E-state index < -0.39 is 205 Å². The van der Waals surface area contributed by atoms with Gasteiger partial charge in [0.1, 0.15) is 54.4 Å². The van der Waals surface area contributed by atoms with E-state index in [4.69, 9.17) is 11.5 Å². The van der Waals surface area contributed by atoms with Crippen molar-refractivity contribution in [3.05, 3.63) is 12.2 Å². The van der Waals surface area contributed by atoms with Crippen LogP contribution in [-0.4, -0.2) is 212 Å². The molecule has 0 aliphatic carbocycles. The summed E-state index contributed by atoms with van der Waals surface area (Å²) < 4.78 is 0. The Hall–Kier alpha value is -8.78. The Bertz CT molecular complexity index is 2710. The van der Waals surface area contributed by atoms with Gasteiger partial charge in [-0.15, -0.1) is 0 Å². The van der Waals surface area contributed by atoms with Crippen LogP contribution in [0.1, 0.15) is 145 Å². The minimum Gasteiger partial charge on any atom is -0.481 e. The third kappa shape index (κ3) is 25.2. The number of nitrogens with zero attached hydrogens (tertiary/aromatic N) is 2. The summed E-state index contributed by atoms with van der Waals surface area (Å²) in [5, 5.41) is 52.5. The lowest BCUT2D eigenvalue weighted by atomic mass is 9.96. The van der Waals surface area contributed by atoms with Crippen molar-refractivity contribution in [3.63, 3.8) is 0 Å². The van der Waals surface area contributed by atoms with E-state index in [2.05, 4.69) is 56.4 Å². The van der Waals surface area contributed by atoms with Gasteiger partial charge in [0.25, 0.3) is 0 Å². The minimum absolute atomic E-state index is 0.0286. The topological polar surface area (TPSA) is 513 Å². The molecule has 0 saturated carbocycles. The van der Waals surface area contributed by atoms with Crippen molar-refractivity contribution in [1.82, 2.24) is 63.0 Å². The molecule has 3 rings (SSSR count). The number of hydrogen-bond acceptors (Lipinski definition) is 17. The molecule has 3 fully saturated rings. The number of carboxylic acid groups (broad SMARTS) is 3. The Kier molecular flexibility index (Phi) is 31.4. The minimum atomic E-state index is -2.13. The molecular formula is C58H92N14O19. The SMILES string of the molecule is CC(C)CCCCCC/C=C\CC(=O)N[C@@H](CC(N)=O)C(=O)N[C@@H]1C(=O)N2CCCC[C@@H]2C(=O)N[C@@H]([C@H](C)C(=O)O)C(=O)N[C@@H](CC(=O)O)C(=O)NCC(=O)N[C@@H](CC(=O)O)C(=O)NCC(=O)N[C@H]([C@@H](C)N)C(=O)N[C@H](C(C)C)C(=O)N2CCC[C@H]2C(=O)N[C@@H]1C. The van der Waals surface area contributed by atoms with E-state index in [1.807, 2.05) is 10.6 Å². The highest BCUT2D eigenvalue weighted by Crippen LogP contribution is 2.24.